The highest BCUT2D eigenvalue weighted by Crippen LogP contribution is 2.14. The summed E-state index contributed by atoms with van der Waals surface area (Å²) in [4.78, 5) is 11.8. The summed E-state index contributed by atoms with van der Waals surface area (Å²) < 4.78 is 4.94. The Morgan fingerprint density at radius 3 is 2.88 bits per heavy atom. The van der Waals surface area contributed by atoms with Gasteiger partial charge in [0, 0.05) is 13.7 Å². The van der Waals surface area contributed by atoms with Crippen LogP contribution in [0.1, 0.15) is 10.4 Å². The molecule has 88 valence electrons. The largest absolute Gasteiger partial charge is 0.383 e. The first-order chi connectivity index (χ1) is 7.65. The van der Waals surface area contributed by atoms with Gasteiger partial charge in [-0.15, -0.1) is 0 Å². The monoisotopic (exact) mass is 305 g/mol. The third-order valence-electron chi connectivity index (χ3n) is 1.95. The summed E-state index contributed by atoms with van der Waals surface area (Å²) in [5, 5.41) is 3.23. The second-order valence-corrected chi connectivity index (χ2v) is 4.94. The Kier molecular flexibility index (Phi) is 5.80. The number of alkyl halides is 1. The fourth-order valence-electron chi connectivity index (χ4n) is 1.18. The zero-order chi connectivity index (χ0) is 12.0. The maximum Gasteiger partial charge on any atom is 0.252 e. The summed E-state index contributed by atoms with van der Waals surface area (Å²) in [5.41, 5.74) is 0.487. The van der Waals surface area contributed by atoms with Crippen LogP contribution in [0.2, 0.25) is 5.02 Å². The topological polar surface area (TPSA) is 38.3 Å². The van der Waals surface area contributed by atoms with Crippen molar-refractivity contribution in [3.8, 4) is 0 Å². The molecule has 1 N–H and O–H groups in total. The molecule has 0 bridgehead atoms. The number of ether oxygens (including phenoxy) is 1. The van der Waals surface area contributed by atoms with E-state index in [2.05, 4.69) is 21.2 Å². The lowest BCUT2D eigenvalue weighted by atomic mass is 10.2. The first-order valence-electron chi connectivity index (χ1n) is 4.81. The molecule has 0 heterocycles. The van der Waals surface area contributed by atoms with Crippen molar-refractivity contribution in [2.45, 2.75) is 4.83 Å². The Morgan fingerprint density at radius 1 is 1.56 bits per heavy atom. The SMILES string of the molecule is COCC(Br)CNC(=O)c1ccccc1Cl. The van der Waals surface area contributed by atoms with E-state index in [1.807, 2.05) is 0 Å². The molecular weight excluding hydrogens is 293 g/mol. The van der Waals surface area contributed by atoms with Crippen LogP contribution in [0.4, 0.5) is 0 Å². The van der Waals surface area contributed by atoms with Crippen molar-refractivity contribution in [3.63, 3.8) is 0 Å². The number of benzene rings is 1. The quantitative estimate of drug-likeness (QED) is 0.849. The first kappa shape index (κ1) is 13.5. The lowest BCUT2D eigenvalue weighted by Crippen LogP contribution is -2.31. The van der Waals surface area contributed by atoms with Gasteiger partial charge in [-0.1, -0.05) is 39.7 Å². The normalized spacial score (nSPS) is 12.2. The molecule has 0 radical (unpaired) electrons. The van der Waals surface area contributed by atoms with E-state index in [-0.39, 0.29) is 10.7 Å². The number of carbonyl (C=O) groups excluding carboxylic acids is 1. The van der Waals surface area contributed by atoms with Gasteiger partial charge in [0.2, 0.25) is 0 Å². The summed E-state index contributed by atoms with van der Waals surface area (Å²) >= 11 is 9.28. The van der Waals surface area contributed by atoms with E-state index < -0.39 is 0 Å². The Hall–Kier alpha value is -0.580. The molecule has 0 aromatic heterocycles. The molecule has 1 aromatic carbocycles. The average Bonchev–Trinajstić information content (AvgIpc) is 2.27. The first-order valence-corrected chi connectivity index (χ1v) is 6.10. The average molecular weight is 307 g/mol. The lowest BCUT2D eigenvalue weighted by Gasteiger charge is -2.10. The van der Waals surface area contributed by atoms with Gasteiger partial charge in [-0.05, 0) is 12.1 Å². The Morgan fingerprint density at radius 2 is 2.25 bits per heavy atom. The third-order valence-corrected chi connectivity index (χ3v) is 2.87. The van der Waals surface area contributed by atoms with Gasteiger partial charge in [0.1, 0.15) is 0 Å². The molecule has 1 rings (SSSR count). The van der Waals surface area contributed by atoms with Crippen molar-refractivity contribution in [1.29, 1.82) is 0 Å². The lowest BCUT2D eigenvalue weighted by molar-refractivity contribution is 0.0950. The molecule has 0 saturated heterocycles. The smallest absolute Gasteiger partial charge is 0.252 e. The minimum atomic E-state index is -0.175. The van der Waals surface area contributed by atoms with E-state index in [4.69, 9.17) is 16.3 Å². The van der Waals surface area contributed by atoms with Crippen molar-refractivity contribution >= 4 is 33.4 Å². The minimum Gasteiger partial charge on any atom is -0.383 e. The molecule has 0 aliphatic carbocycles. The van der Waals surface area contributed by atoms with Crippen molar-refractivity contribution in [2.24, 2.45) is 0 Å². The summed E-state index contributed by atoms with van der Waals surface area (Å²) in [6, 6.07) is 6.95. The molecule has 0 aliphatic rings. The summed E-state index contributed by atoms with van der Waals surface area (Å²) in [7, 11) is 1.62. The molecule has 3 nitrogen and oxygen atoms in total. The maximum atomic E-state index is 11.7. The second-order valence-electron chi connectivity index (χ2n) is 3.24. The van der Waals surface area contributed by atoms with Crippen LogP contribution in [-0.2, 0) is 4.74 Å². The standard InChI is InChI=1S/C11H13BrClNO2/c1-16-7-8(12)6-14-11(15)9-4-2-3-5-10(9)13/h2-5,8H,6-7H2,1H3,(H,14,15). The highest BCUT2D eigenvalue weighted by atomic mass is 79.9. The molecular formula is C11H13BrClNO2. The summed E-state index contributed by atoms with van der Waals surface area (Å²) in [5.74, 6) is -0.175. The molecule has 0 aliphatic heterocycles. The van der Waals surface area contributed by atoms with Crippen molar-refractivity contribution < 1.29 is 9.53 Å². The summed E-state index contributed by atoms with van der Waals surface area (Å²) in [6.45, 7) is 1.04. The highest BCUT2D eigenvalue weighted by molar-refractivity contribution is 9.09. The number of nitrogens with one attached hydrogen (secondary N) is 1. The van der Waals surface area contributed by atoms with Crippen molar-refractivity contribution in [3.05, 3.63) is 34.9 Å². The van der Waals surface area contributed by atoms with Gasteiger partial charge >= 0.3 is 0 Å². The number of hydrogen-bond acceptors (Lipinski definition) is 2. The minimum absolute atomic E-state index is 0.101. The van der Waals surface area contributed by atoms with Crippen molar-refractivity contribution in [1.82, 2.24) is 5.32 Å². The van der Waals surface area contributed by atoms with Gasteiger partial charge in [0.05, 0.1) is 22.0 Å². The van der Waals surface area contributed by atoms with Crippen LogP contribution in [0, 0.1) is 0 Å². The molecule has 1 amide bonds. The van der Waals surface area contributed by atoms with Crippen LogP contribution in [0.15, 0.2) is 24.3 Å². The maximum absolute atomic E-state index is 11.7. The molecule has 16 heavy (non-hydrogen) atoms. The van der Waals surface area contributed by atoms with Crippen LogP contribution < -0.4 is 5.32 Å². The van der Waals surface area contributed by atoms with Gasteiger partial charge in [-0.25, -0.2) is 0 Å². The van der Waals surface area contributed by atoms with Crippen LogP contribution in [0.3, 0.4) is 0 Å². The molecule has 5 heteroatoms. The van der Waals surface area contributed by atoms with Gasteiger partial charge in [-0.2, -0.15) is 0 Å². The fraction of sp³-hybridized carbons (Fsp3) is 0.364. The molecule has 0 fully saturated rings. The zero-order valence-electron chi connectivity index (χ0n) is 8.87. The number of amides is 1. The molecule has 0 spiro atoms. The number of halogens is 2. The zero-order valence-corrected chi connectivity index (χ0v) is 11.2. The summed E-state index contributed by atoms with van der Waals surface area (Å²) in [6.07, 6.45) is 0. The van der Waals surface area contributed by atoms with Crippen LogP contribution in [-0.4, -0.2) is 31.0 Å². The molecule has 1 unspecified atom stereocenters. The van der Waals surface area contributed by atoms with E-state index in [1.54, 1.807) is 31.4 Å². The van der Waals surface area contributed by atoms with E-state index in [9.17, 15) is 4.79 Å². The van der Waals surface area contributed by atoms with Gasteiger partial charge in [0.15, 0.2) is 0 Å². The van der Waals surface area contributed by atoms with Crippen molar-refractivity contribution in [2.75, 3.05) is 20.3 Å². The number of rotatable bonds is 5. The van der Waals surface area contributed by atoms with Crippen LogP contribution in [0.25, 0.3) is 0 Å². The molecule has 1 atom stereocenters. The molecule has 0 saturated carbocycles. The highest BCUT2D eigenvalue weighted by Gasteiger charge is 2.11. The second kappa shape index (κ2) is 6.89. The van der Waals surface area contributed by atoms with Gasteiger partial charge in [0.25, 0.3) is 5.91 Å². The predicted octanol–water partition coefficient (Wildman–Crippen LogP) is 2.48. The predicted molar refractivity (Wildman–Crippen MR) is 68.4 cm³/mol. The number of hydrogen-bond donors (Lipinski definition) is 1. The Bertz CT molecular complexity index is 360. The van der Waals surface area contributed by atoms with Gasteiger partial charge < -0.3 is 10.1 Å². The Balaban J connectivity index is 2.50. The number of carbonyl (C=O) groups is 1. The van der Waals surface area contributed by atoms with Gasteiger partial charge in [-0.3, -0.25) is 4.79 Å². The third kappa shape index (κ3) is 4.12. The Labute approximate surface area is 108 Å². The fourth-order valence-corrected chi connectivity index (χ4v) is 1.83. The van der Waals surface area contributed by atoms with Crippen LogP contribution >= 0.6 is 27.5 Å². The molecule has 1 aromatic rings. The van der Waals surface area contributed by atoms with E-state index in [0.717, 1.165) is 0 Å². The van der Waals surface area contributed by atoms with E-state index >= 15 is 0 Å². The number of methoxy groups -OCH3 is 1. The van der Waals surface area contributed by atoms with E-state index in [1.165, 1.54) is 0 Å². The van der Waals surface area contributed by atoms with E-state index in [0.29, 0.717) is 23.7 Å². The van der Waals surface area contributed by atoms with Crippen LogP contribution in [0.5, 0.6) is 0 Å².